The topological polar surface area (TPSA) is 54.9 Å². The average Bonchev–Trinajstić information content (AvgIpc) is 3.21. The quantitative estimate of drug-likeness (QED) is 0.498. The number of para-hydroxylation sites is 1. The Morgan fingerprint density at radius 3 is 2.67 bits per heavy atom. The van der Waals surface area contributed by atoms with E-state index in [1.54, 1.807) is 6.20 Å². The van der Waals surface area contributed by atoms with E-state index in [0.29, 0.717) is 10.7 Å². The van der Waals surface area contributed by atoms with Gasteiger partial charge in [0.2, 0.25) is 0 Å². The number of aromatic nitrogens is 2. The van der Waals surface area contributed by atoms with Gasteiger partial charge in [0.15, 0.2) is 5.13 Å². The van der Waals surface area contributed by atoms with Crippen molar-refractivity contribution < 1.29 is 4.79 Å². The molecule has 27 heavy (non-hydrogen) atoms. The molecule has 0 aliphatic rings. The van der Waals surface area contributed by atoms with Gasteiger partial charge in [-0.2, -0.15) is 0 Å². The Morgan fingerprint density at radius 1 is 1.11 bits per heavy atom. The Labute approximate surface area is 161 Å². The summed E-state index contributed by atoms with van der Waals surface area (Å²) in [5.41, 5.74) is 4.51. The number of carbonyl (C=O) groups is 1. The van der Waals surface area contributed by atoms with Crippen LogP contribution < -0.4 is 5.32 Å². The van der Waals surface area contributed by atoms with Crippen LogP contribution in [0.3, 0.4) is 0 Å². The molecule has 0 aliphatic carbocycles. The Kier molecular flexibility index (Phi) is 4.94. The van der Waals surface area contributed by atoms with E-state index in [4.69, 9.17) is 4.98 Å². The number of thiazole rings is 1. The van der Waals surface area contributed by atoms with Crippen molar-refractivity contribution in [2.24, 2.45) is 0 Å². The minimum absolute atomic E-state index is 0.174. The number of hydrogen-bond acceptors (Lipinski definition) is 4. The van der Waals surface area contributed by atoms with E-state index in [-0.39, 0.29) is 5.91 Å². The molecule has 0 saturated heterocycles. The molecule has 2 heterocycles. The highest BCUT2D eigenvalue weighted by atomic mass is 32.1. The Hall–Kier alpha value is -3.05. The highest BCUT2D eigenvalue weighted by molar-refractivity contribution is 7.13. The number of rotatable bonds is 5. The van der Waals surface area contributed by atoms with Gasteiger partial charge in [0.05, 0.1) is 16.8 Å². The number of amides is 1. The van der Waals surface area contributed by atoms with Crippen LogP contribution in [-0.4, -0.2) is 15.9 Å². The number of fused-ring (bicyclic) bond motifs is 1. The maximum Gasteiger partial charge on any atom is 0.258 e. The summed E-state index contributed by atoms with van der Waals surface area (Å²) < 4.78 is 0. The van der Waals surface area contributed by atoms with Crippen molar-refractivity contribution in [3.05, 3.63) is 77.3 Å². The molecule has 0 saturated carbocycles. The maximum absolute atomic E-state index is 12.9. The van der Waals surface area contributed by atoms with Gasteiger partial charge in [0, 0.05) is 22.5 Å². The minimum atomic E-state index is -0.174. The molecule has 4 nitrogen and oxygen atoms in total. The van der Waals surface area contributed by atoms with Crippen LogP contribution in [0.5, 0.6) is 0 Å². The summed E-state index contributed by atoms with van der Waals surface area (Å²) in [6, 6.07) is 18.0. The minimum Gasteiger partial charge on any atom is -0.298 e. The number of benzene rings is 2. The van der Waals surface area contributed by atoms with Crippen LogP contribution in [0.15, 0.2) is 66.2 Å². The number of nitrogens with zero attached hydrogens (tertiary/aromatic N) is 2. The van der Waals surface area contributed by atoms with E-state index in [1.807, 2.05) is 35.7 Å². The van der Waals surface area contributed by atoms with Crippen LogP contribution in [0.25, 0.3) is 22.2 Å². The standard InChI is InChI=1S/C22H19N3OS/c1-2-5-15-8-10-16(11-9-15)20-14-18(17-6-3-4-7-19(17)24-20)21(26)25-22-23-12-13-27-22/h3-4,6-14H,2,5H2,1H3,(H,23,25,26). The molecule has 1 amide bonds. The lowest BCUT2D eigenvalue weighted by Gasteiger charge is -2.10. The number of aryl methyl sites for hydroxylation is 1. The molecule has 0 atom stereocenters. The number of pyridine rings is 1. The van der Waals surface area contributed by atoms with E-state index in [2.05, 4.69) is 41.5 Å². The van der Waals surface area contributed by atoms with Crippen molar-refractivity contribution in [2.45, 2.75) is 19.8 Å². The largest absolute Gasteiger partial charge is 0.298 e. The molecular weight excluding hydrogens is 354 g/mol. The van der Waals surface area contributed by atoms with Crippen molar-refractivity contribution in [3.63, 3.8) is 0 Å². The maximum atomic E-state index is 12.9. The third-order valence-electron chi connectivity index (χ3n) is 4.40. The zero-order valence-electron chi connectivity index (χ0n) is 15.0. The van der Waals surface area contributed by atoms with E-state index in [0.717, 1.165) is 35.0 Å². The molecule has 2 aromatic carbocycles. The number of anilines is 1. The van der Waals surface area contributed by atoms with Crippen LogP contribution in [0, 0.1) is 0 Å². The summed E-state index contributed by atoms with van der Waals surface area (Å²) >= 11 is 1.40. The zero-order valence-corrected chi connectivity index (χ0v) is 15.8. The van der Waals surface area contributed by atoms with Crippen molar-refractivity contribution in [2.75, 3.05) is 5.32 Å². The predicted octanol–water partition coefficient (Wildman–Crippen LogP) is 5.56. The Bertz CT molecular complexity index is 1070. The van der Waals surface area contributed by atoms with E-state index < -0.39 is 0 Å². The third-order valence-corrected chi connectivity index (χ3v) is 5.09. The molecule has 2 aromatic heterocycles. The molecule has 0 radical (unpaired) electrons. The van der Waals surface area contributed by atoms with Crippen molar-refractivity contribution in [3.8, 4) is 11.3 Å². The van der Waals surface area contributed by atoms with E-state index >= 15 is 0 Å². The average molecular weight is 373 g/mol. The molecule has 4 aromatic rings. The SMILES string of the molecule is CCCc1ccc(-c2cc(C(=O)Nc3nccs3)c3ccccc3n2)cc1. The van der Waals surface area contributed by atoms with Gasteiger partial charge < -0.3 is 0 Å². The molecule has 5 heteroatoms. The number of nitrogens with one attached hydrogen (secondary N) is 1. The van der Waals surface area contributed by atoms with Gasteiger partial charge in [-0.1, -0.05) is 55.8 Å². The van der Waals surface area contributed by atoms with Crippen molar-refractivity contribution >= 4 is 33.3 Å². The molecule has 0 aliphatic heterocycles. The van der Waals surface area contributed by atoms with E-state index in [9.17, 15) is 4.79 Å². The Morgan fingerprint density at radius 2 is 1.93 bits per heavy atom. The Balaban J connectivity index is 1.77. The first-order valence-corrected chi connectivity index (χ1v) is 9.82. The molecular formula is C22H19N3OS. The highest BCUT2D eigenvalue weighted by Gasteiger charge is 2.15. The van der Waals surface area contributed by atoms with Crippen molar-refractivity contribution in [1.29, 1.82) is 0 Å². The highest BCUT2D eigenvalue weighted by Crippen LogP contribution is 2.26. The fourth-order valence-corrected chi connectivity index (χ4v) is 3.62. The second kappa shape index (κ2) is 7.68. The smallest absolute Gasteiger partial charge is 0.258 e. The van der Waals surface area contributed by atoms with Gasteiger partial charge >= 0.3 is 0 Å². The van der Waals surface area contributed by atoms with E-state index in [1.165, 1.54) is 16.9 Å². The molecule has 1 N–H and O–H groups in total. The molecule has 4 rings (SSSR count). The molecule has 0 fully saturated rings. The summed E-state index contributed by atoms with van der Waals surface area (Å²) in [5.74, 6) is -0.174. The second-order valence-corrected chi connectivity index (χ2v) is 7.21. The molecule has 0 bridgehead atoms. The van der Waals surface area contributed by atoms with Crippen LogP contribution in [0.1, 0.15) is 29.3 Å². The summed E-state index contributed by atoms with van der Waals surface area (Å²) in [7, 11) is 0. The fraction of sp³-hybridized carbons (Fsp3) is 0.136. The summed E-state index contributed by atoms with van der Waals surface area (Å²) in [5, 5.41) is 6.13. The summed E-state index contributed by atoms with van der Waals surface area (Å²) in [6.07, 6.45) is 3.86. The molecule has 134 valence electrons. The predicted molar refractivity (Wildman–Crippen MR) is 111 cm³/mol. The molecule has 0 unspecified atom stereocenters. The van der Waals surface area contributed by atoms with Gasteiger partial charge in [-0.05, 0) is 24.1 Å². The summed E-state index contributed by atoms with van der Waals surface area (Å²) in [4.78, 5) is 21.8. The monoisotopic (exact) mass is 373 g/mol. The first kappa shape index (κ1) is 17.4. The van der Waals surface area contributed by atoms with Gasteiger partial charge in [-0.3, -0.25) is 10.1 Å². The van der Waals surface area contributed by atoms with Crippen LogP contribution in [-0.2, 0) is 6.42 Å². The summed E-state index contributed by atoms with van der Waals surface area (Å²) in [6.45, 7) is 2.17. The van der Waals surface area contributed by atoms with Gasteiger partial charge in [-0.25, -0.2) is 9.97 Å². The van der Waals surface area contributed by atoms with Gasteiger partial charge in [0.25, 0.3) is 5.91 Å². The van der Waals surface area contributed by atoms with Crippen LogP contribution in [0.4, 0.5) is 5.13 Å². The third kappa shape index (κ3) is 3.73. The zero-order chi connectivity index (χ0) is 18.6. The lowest BCUT2D eigenvalue weighted by Crippen LogP contribution is -2.12. The molecule has 0 spiro atoms. The van der Waals surface area contributed by atoms with Gasteiger partial charge in [-0.15, -0.1) is 11.3 Å². The van der Waals surface area contributed by atoms with Crippen LogP contribution in [0.2, 0.25) is 0 Å². The normalized spacial score (nSPS) is 10.9. The second-order valence-electron chi connectivity index (χ2n) is 6.31. The van der Waals surface area contributed by atoms with Crippen molar-refractivity contribution in [1.82, 2.24) is 9.97 Å². The first-order valence-electron chi connectivity index (χ1n) is 8.94. The first-order chi connectivity index (χ1) is 13.2. The number of carbonyl (C=O) groups excluding carboxylic acids is 1. The lowest BCUT2D eigenvalue weighted by atomic mass is 10.0. The number of hydrogen-bond donors (Lipinski definition) is 1. The van der Waals surface area contributed by atoms with Gasteiger partial charge in [0.1, 0.15) is 0 Å². The van der Waals surface area contributed by atoms with Crippen LogP contribution >= 0.6 is 11.3 Å². The fourth-order valence-electron chi connectivity index (χ4n) is 3.09. The lowest BCUT2D eigenvalue weighted by molar-refractivity contribution is 0.102.